The molecule has 2 aliphatic heterocycles. The average Bonchev–Trinajstić information content (AvgIpc) is 3.56. The molecule has 1 N–H and O–H groups in total. The molecule has 37 heavy (non-hydrogen) atoms. The highest BCUT2D eigenvalue weighted by Gasteiger charge is 2.57. The van der Waals surface area contributed by atoms with Crippen LogP contribution in [0.1, 0.15) is 36.6 Å². The van der Waals surface area contributed by atoms with Crippen molar-refractivity contribution in [3.8, 4) is 0 Å². The van der Waals surface area contributed by atoms with Crippen molar-refractivity contribution in [1.29, 1.82) is 0 Å². The van der Waals surface area contributed by atoms with Crippen molar-refractivity contribution >= 4 is 34.1 Å². The van der Waals surface area contributed by atoms with Gasteiger partial charge in [-0.25, -0.2) is 4.39 Å². The lowest BCUT2D eigenvalue weighted by Gasteiger charge is -2.29. The maximum Gasteiger partial charge on any atom is 0.248 e. The third-order valence-corrected chi connectivity index (χ3v) is 7.78. The van der Waals surface area contributed by atoms with Crippen LogP contribution < -0.4 is 0 Å². The quantitative estimate of drug-likeness (QED) is 0.333. The van der Waals surface area contributed by atoms with Crippen LogP contribution in [0.15, 0.2) is 84.1 Å². The van der Waals surface area contributed by atoms with Gasteiger partial charge in [0.15, 0.2) is 0 Å². The number of amides is 1. The molecule has 3 heterocycles. The fraction of sp³-hybridized carbons (Fsp3) is 0.267. The SMILES string of the molecule is CC(C)N1N=C(c2ccc(Cl)cc2)C2C(c3cccc(F)c3)N(CCc3c[nH]c4ccccc34)C(=O)C21. The van der Waals surface area contributed by atoms with Gasteiger partial charge in [-0.15, -0.1) is 0 Å². The Morgan fingerprint density at radius 2 is 1.81 bits per heavy atom. The molecule has 0 bridgehead atoms. The molecule has 1 amide bonds. The van der Waals surface area contributed by atoms with Gasteiger partial charge in [0.25, 0.3) is 0 Å². The van der Waals surface area contributed by atoms with Gasteiger partial charge in [0, 0.05) is 34.7 Å². The van der Waals surface area contributed by atoms with Crippen molar-refractivity contribution in [1.82, 2.24) is 14.9 Å². The molecule has 1 saturated heterocycles. The molecule has 0 radical (unpaired) electrons. The number of benzene rings is 3. The highest BCUT2D eigenvalue weighted by atomic mass is 35.5. The van der Waals surface area contributed by atoms with Gasteiger partial charge in [0.2, 0.25) is 5.91 Å². The monoisotopic (exact) mass is 514 g/mol. The zero-order valence-corrected chi connectivity index (χ0v) is 21.5. The lowest BCUT2D eigenvalue weighted by atomic mass is 9.84. The zero-order chi connectivity index (χ0) is 25.7. The number of nitrogens with one attached hydrogen (secondary N) is 1. The fourth-order valence-electron chi connectivity index (χ4n) is 5.87. The van der Waals surface area contributed by atoms with Gasteiger partial charge in [0.1, 0.15) is 11.9 Å². The summed E-state index contributed by atoms with van der Waals surface area (Å²) >= 11 is 6.17. The number of para-hydroxylation sites is 1. The molecule has 3 unspecified atom stereocenters. The number of H-pyrrole nitrogens is 1. The molecule has 6 rings (SSSR count). The summed E-state index contributed by atoms with van der Waals surface area (Å²) in [5, 5.41) is 8.69. The molecule has 3 aromatic carbocycles. The van der Waals surface area contributed by atoms with Crippen LogP contribution in [0.5, 0.6) is 0 Å². The molecule has 0 saturated carbocycles. The first kappa shape index (κ1) is 23.7. The molecule has 7 heteroatoms. The van der Waals surface area contributed by atoms with E-state index in [1.165, 1.54) is 6.07 Å². The summed E-state index contributed by atoms with van der Waals surface area (Å²) in [6.45, 7) is 4.61. The first-order chi connectivity index (χ1) is 17.9. The summed E-state index contributed by atoms with van der Waals surface area (Å²) in [7, 11) is 0. The number of halogens is 2. The van der Waals surface area contributed by atoms with Crippen LogP contribution in [0.3, 0.4) is 0 Å². The molecule has 3 atom stereocenters. The topological polar surface area (TPSA) is 51.7 Å². The van der Waals surface area contributed by atoms with Crippen molar-refractivity contribution in [2.45, 2.75) is 38.4 Å². The van der Waals surface area contributed by atoms with Gasteiger partial charge in [0.05, 0.1) is 17.7 Å². The van der Waals surface area contributed by atoms with E-state index in [1.807, 2.05) is 72.4 Å². The molecule has 4 aromatic rings. The summed E-state index contributed by atoms with van der Waals surface area (Å²) in [5.74, 6) is -0.518. The van der Waals surface area contributed by atoms with E-state index in [0.717, 1.165) is 33.3 Å². The van der Waals surface area contributed by atoms with E-state index in [2.05, 4.69) is 17.1 Å². The maximum absolute atomic E-state index is 14.5. The summed E-state index contributed by atoms with van der Waals surface area (Å²) in [6.07, 6.45) is 2.71. The van der Waals surface area contributed by atoms with Crippen LogP contribution in [-0.4, -0.2) is 45.1 Å². The Morgan fingerprint density at radius 1 is 1.03 bits per heavy atom. The first-order valence-corrected chi connectivity index (χ1v) is 13.0. The first-order valence-electron chi connectivity index (χ1n) is 12.7. The highest BCUT2D eigenvalue weighted by molar-refractivity contribution is 6.30. The second kappa shape index (κ2) is 9.34. The van der Waals surface area contributed by atoms with Crippen LogP contribution in [0.25, 0.3) is 10.9 Å². The van der Waals surface area contributed by atoms with E-state index in [4.69, 9.17) is 16.7 Å². The van der Waals surface area contributed by atoms with Crippen LogP contribution in [0.2, 0.25) is 5.02 Å². The Balaban J connectivity index is 1.42. The van der Waals surface area contributed by atoms with E-state index in [1.54, 1.807) is 12.1 Å². The normalized spacial score (nSPS) is 21.3. The van der Waals surface area contributed by atoms with Crippen LogP contribution in [-0.2, 0) is 11.2 Å². The number of aromatic amines is 1. The van der Waals surface area contributed by atoms with Crippen LogP contribution in [0, 0.1) is 11.7 Å². The standard InChI is InChI=1S/C30H28ClFN4O/c1-18(2)36-29-26(27(34-36)19-10-12-22(31)13-11-19)28(20-6-5-7-23(32)16-20)35(30(29)37)15-14-21-17-33-25-9-4-3-8-24(21)25/h3-13,16-18,26,28-29,33H,14-15H2,1-2H3. The van der Waals surface area contributed by atoms with Crippen LogP contribution in [0.4, 0.5) is 4.39 Å². The zero-order valence-electron chi connectivity index (χ0n) is 20.7. The Labute approximate surface area is 220 Å². The number of fused-ring (bicyclic) bond motifs is 2. The minimum atomic E-state index is -0.443. The Morgan fingerprint density at radius 3 is 2.57 bits per heavy atom. The fourth-order valence-corrected chi connectivity index (χ4v) is 6.00. The number of aromatic nitrogens is 1. The third-order valence-electron chi connectivity index (χ3n) is 7.53. The number of hydrazone groups is 1. The minimum absolute atomic E-state index is 0.0283. The number of rotatable bonds is 6. The maximum atomic E-state index is 14.5. The number of nitrogens with zero attached hydrogens (tertiary/aromatic N) is 3. The molecular weight excluding hydrogens is 487 g/mol. The summed E-state index contributed by atoms with van der Waals surface area (Å²) in [4.78, 5) is 19.4. The summed E-state index contributed by atoms with van der Waals surface area (Å²) in [5.41, 5.74) is 4.78. The van der Waals surface area contributed by atoms with E-state index >= 15 is 0 Å². The van der Waals surface area contributed by atoms with Gasteiger partial charge in [-0.2, -0.15) is 5.10 Å². The van der Waals surface area contributed by atoms with E-state index in [9.17, 15) is 9.18 Å². The van der Waals surface area contributed by atoms with Gasteiger partial charge in [-0.05, 0) is 67.3 Å². The number of carbonyl (C=O) groups is 1. The highest BCUT2D eigenvalue weighted by Crippen LogP contribution is 2.46. The number of hydrogen-bond donors (Lipinski definition) is 1. The average molecular weight is 515 g/mol. The largest absolute Gasteiger partial charge is 0.361 e. The van der Waals surface area contributed by atoms with E-state index in [0.29, 0.717) is 18.0 Å². The molecular formula is C30H28ClFN4O. The van der Waals surface area contributed by atoms with Crippen LogP contribution >= 0.6 is 11.6 Å². The van der Waals surface area contributed by atoms with Crippen molar-refractivity contribution in [3.63, 3.8) is 0 Å². The molecule has 1 fully saturated rings. The third kappa shape index (κ3) is 4.09. The predicted molar refractivity (Wildman–Crippen MR) is 145 cm³/mol. The second-order valence-electron chi connectivity index (χ2n) is 10.1. The lowest BCUT2D eigenvalue weighted by molar-refractivity contribution is -0.133. The lowest BCUT2D eigenvalue weighted by Crippen LogP contribution is -2.42. The summed E-state index contributed by atoms with van der Waals surface area (Å²) in [6, 6.07) is 21.6. The van der Waals surface area contributed by atoms with Gasteiger partial charge in [-0.1, -0.05) is 54.1 Å². The number of carbonyl (C=O) groups excluding carboxylic acids is 1. The number of hydrogen-bond acceptors (Lipinski definition) is 3. The predicted octanol–water partition coefficient (Wildman–Crippen LogP) is 6.20. The Kier molecular flexibility index (Phi) is 6.00. The molecule has 5 nitrogen and oxygen atoms in total. The molecule has 0 aliphatic carbocycles. The summed E-state index contributed by atoms with van der Waals surface area (Å²) < 4.78 is 14.5. The Bertz CT molecular complexity index is 1500. The second-order valence-corrected chi connectivity index (χ2v) is 10.5. The van der Waals surface area contributed by atoms with Gasteiger partial charge >= 0.3 is 0 Å². The molecule has 0 spiro atoms. The Hall–Kier alpha value is -3.64. The van der Waals surface area contributed by atoms with Crippen molar-refractivity contribution in [3.05, 3.63) is 107 Å². The van der Waals surface area contributed by atoms with Crippen molar-refractivity contribution in [2.75, 3.05) is 6.54 Å². The van der Waals surface area contributed by atoms with E-state index < -0.39 is 6.04 Å². The number of likely N-dealkylation sites (tertiary alicyclic amines) is 1. The minimum Gasteiger partial charge on any atom is -0.361 e. The molecule has 188 valence electrons. The van der Waals surface area contributed by atoms with Gasteiger partial charge in [-0.3, -0.25) is 9.80 Å². The van der Waals surface area contributed by atoms with E-state index in [-0.39, 0.29) is 29.7 Å². The van der Waals surface area contributed by atoms with Gasteiger partial charge < -0.3 is 9.88 Å². The van der Waals surface area contributed by atoms with Crippen molar-refractivity contribution in [2.24, 2.45) is 11.0 Å². The smallest absolute Gasteiger partial charge is 0.248 e. The molecule has 2 aliphatic rings. The molecule has 1 aromatic heterocycles. The van der Waals surface area contributed by atoms with Crippen molar-refractivity contribution < 1.29 is 9.18 Å².